The predicted molar refractivity (Wildman–Crippen MR) is 121 cm³/mol. The lowest BCUT2D eigenvalue weighted by molar-refractivity contribution is 0.0731. The Balaban J connectivity index is 1.35. The Hall–Kier alpha value is -2.37. The molecule has 2 fully saturated rings. The first-order chi connectivity index (χ1) is 15.4. The molecule has 32 heavy (non-hydrogen) atoms. The van der Waals surface area contributed by atoms with Crippen LogP contribution in [0.25, 0.3) is 0 Å². The van der Waals surface area contributed by atoms with Crippen molar-refractivity contribution in [2.75, 3.05) is 44.6 Å². The van der Waals surface area contributed by atoms with Gasteiger partial charge >= 0.3 is 6.03 Å². The molecule has 2 aliphatic heterocycles. The number of carbonyl (C=O) groups excluding carboxylic acids is 2. The molecular weight excluding hydrogens is 452 g/mol. The quantitative estimate of drug-likeness (QED) is 0.723. The number of carbonyl (C=O) groups is 2. The van der Waals surface area contributed by atoms with Crippen LogP contribution in [0.5, 0.6) is 0 Å². The Labute approximate surface area is 192 Å². The normalized spacial score (nSPS) is 18.8. The number of hydrogen-bond acceptors (Lipinski definition) is 6. The molecule has 0 atom stereocenters. The summed E-state index contributed by atoms with van der Waals surface area (Å²) in [6, 6.07) is 6.21. The summed E-state index contributed by atoms with van der Waals surface area (Å²) in [5.74, 6) is 0.110. The molecule has 0 saturated carbocycles. The third-order valence-corrected chi connectivity index (χ3v) is 9.14. The Bertz CT molecular complexity index is 1030. The van der Waals surface area contributed by atoms with Crippen molar-refractivity contribution >= 4 is 38.3 Å². The van der Waals surface area contributed by atoms with Crippen LogP contribution in [0, 0.1) is 0 Å². The molecule has 1 N–H and O–H groups in total. The van der Waals surface area contributed by atoms with Crippen LogP contribution >= 0.6 is 11.3 Å². The molecule has 0 aliphatic carbocycles. The lowest BCUT2D eigenvalue weighted by atomic mass is 10.2. The fraction of sp³-hybridized carbons (Fsp3) is 0.524. The molecule has 2 saturated heterocycles. The number of anilines is 1. The van der Waals surface area contributed by atoms with Crippen LogP contribution in [0.15, 0.2) is 39.2 Å². The predicted octanol–water partition coefficient (Wildman–Crippen LogP) is 3.29. The van der Waals surface area contributed by atoms with E-state index in [9.17, 15) is 18.0 Å². The highest BCUT2D eigenvalue weighted by Crippen LogP contribution is 2.30. The van der Waals surface area contributed by atoms with E-state index in [1.54, 1.807) is 38.4 Å². The fourth-order valence-electron chi connectivity index (χ4n) is 4.00. The van der Waals surface area contributed by atoms with Crippen LogP contribution in [-0.4, -0.2) is 73.7 Å². The molecule has 2 aliphatic rings. The lowest BCUT2D eigenvalue weighted by Gasteiger charge is -2.21. The summed E-state index contributed by atoms with van der Waals surface area (Å²) in [6.07, 6.45) is 5.98. The first-order valence-electron chi connectivity index (χ1n) is 10.9. The minimum absolute atomic E-state index is 0.182. The van der Waals surface area contributed by atoms with Crippen molar-refractivity contribution in [3.8, 4) is 0 Å². The third kappa shape index (κ3) is 5.16. The molecule has 174 valence electrons. The first-order valence-corrected chi connectivity index (χ1v) is 13.2. The zero-order valence-corrected chi connectivity index (χ0v) is 19.5. The Morgan fingerprint density at radius 1 is 0.875 bits per heavy atom. The Morgan fingerprint density at radius 2 is 1.59 bits per heavy atom. The SMILES string of the molecule is O=C(Nc1ccc(S(=O)(=O)N2CCCCCC2)s1)N1CCCN(C(=O)c2ccco2)CC1. The molecule has 0 radical (unpaired) electrons. The minimum Gasteiger partial charge on any atom is -0.459 e. The third-order valence-electron chi connectivity index (χ3n) is 5.77. The summed E-state index contributed by atoms with van der Waals surface area (Å²) in [5.41, 5.74) is 0. The number of furan rings is 1. The monoisotopic (exact) mass is 480 g/mol. The molecule has 0 spiro atoms. The number of nitrogens with zero attached hydrogens (tertiary/aromatic N) is 3. The van der Waals surface area contributed by atoms with Crippen LogP contribution in [0.2, 0.25) is 0 Å². The zero-order valence-electron chi connectivity index (χ0n) is 17.9. The molecule has 4 heterocycles. The topological polar surface area (TPSA) is 103 Å². The van der Waals surface area contributed by atoms with Crippen molar-refractivity contribution in [3.63, 3.8) is 0 Å². The highest BCUT2D eigenvalue weighted by molar-refractivity contribution is 7.91. The molecule has 0 bridgehead atoms. The number of nitrogens with one attached hydrogen (secondary N) is 1. The highest BCUT2D eigenvalue weighted by atomic mass is 32.2. The molecule has 4 rings (SSSR count). The summed E-state index contributed by atoms with van der Waals surface area (Å²) >= 11 is 1.08. The van der Waals surface area contributed by atoms with Crippen molar-refractivity contribution in [1.82, 2.24) is 14.1 Å². The maximum atomic E-state index is 13.0. The van der Waals surface area contributed by atoms with Crippen molar-refractivity contribution in [2.24, 2.45) is 0 Å². The largest absolute Gasteiger partial charge is 0.459 e. The summed E-state index contributed by atoms with van der Waals surface area (Å²) in [6.45, 7) is 2.94. The average Bonchev–Trinajstić information content (AvgIpc) is 3.32. The number of sulfonamides is 1. The van der Waals surface area contributed by atoms with E-state index >= 15 is 0 Å². The number of thiophene rings is 1. The van der Waals surface area contributed by atoms with Gasteiger partial charge in [0.2, 0.25) is 0 Å². The Morgan fingerprint density at radius 3 is 2.31 bits per heavy atom. The summed E-state index contributed by atoms with van der Waals surface area (Å²) in [4.78, 5) is 28.6. The van der Waals surface area contributed by atoms with Gasteiger partial charge in [-0.2, -0.15) is 4.31 Å². The van der Waals surface area contributed by atoms with Crippen LogP contribution in [-0.2, 0) is 10.0 Å². The molecule has 9 nitrogen and oxygen atoms in total. The van der Waals surface area contributed by atoms with Crippen molar-refractivity contribution in [2.45, 2.75) is 36.3 Å². The van der Waals surface area contributed by atoms with Crippen molar-refractivity contribution < 1.29 is 22.4 Å². The standard InChI is InChI=1S/C21H28N4O5S2/c26-20(17-7-5-16-30-17)23-10-6-11-24(15-14-23)21(27)22-18-8-9-19(31-18)32(28,29)25-12-3-1-2-4-13-25/h5,7-9,16H,1-4,6,10-15H2,(H,22,27). The van der Waals surface area contributed by atoms with Gasteiger partial charge in [0, 0.05) is 39.3 Å². The summed E-state index contributed by atoms with van der Waals surface area (Å²) in [5, 5.41) is 3.32. The number of amides is 3. The summed E-state index contributed by atoms with van der Waals surface area (Å²) < 4.78 is 32.9. The second-order valence-corrected chi connectivity index (χ2v) is 11.2. The van der Waals surface area contributed by atoms with Crippen LogP contribution < -0.4 is 5.32 Å². The highest BCUT2D eigenvalue weighted by Gasteiger charge is 2.28. The fourth-order valence-corrected chi connectivity index (χ4v) is 6.87. The van der Waals surface area contributed by atoms with E-state index in [0.29, 0.717) is 56.5 Å². The van der Waals surface area contributed by atoms with E-state index in [4.69, 9.17) is 4.42 Å². The average molecular weight is 481 g/mol. The molecular formula is C21H28N4O5S2. The van der Waals surface area contributed by atoms with Crippen LogP contribution in [0.4, 0.5) is 9.80 Å². The first kappa shape index (κ1) is 22.8. The van der Waals surface area contributed by atoms with E-state index in [1.165, 1.54) is 6.26 Å². The zero-order chi connectivity index (χ0) is 22.6. The van der Waals surface area contributed by atoms with Gasteiger partial charge < -0.3 is 14.2 Å². The maximum Gasteiger partial charge on any atom is 0.322 e. The number of hydrogen-bond donors (Lipinski definition) is 1. The van der Waals surface area contributed by atoms with E-state index in [-0.39, 0.29) is 16.1 Å². The molecule has 0 unspecified atom stereocenters. The van der Waals surface area contributed by atoms with Gasteiger partial charge in [0.1, 0.15) is 4.21 Å². The molecule has 2 aromatic rings. The second-order valence-electron chi connectivity index (χ2n) is 7.98. The Kier molecular flexibility index (Phi) is 7.17. The van der Waals surface area contributed by atoms with Gasteiger partial charge in [-0.3, -0.25) is 10.1 Å². The van der Waals surface area contributed by atoms with Crippen molar-refractivity contribution in [1.29, 1.82) is 0 Å². The molecule has 2 aromatic heterocycles. The number of urea groups is 1. The van der Waals surface area contributed by atoms with Crippen molar-refractivity contribution in [3.05, 3.63) is 36.3 Å². The minimum atomic E-state index is -3.54. The maximum absolute atomic E-state index is 13.0. The summed E-state index contributed by atoms with van der Waals surface area (Å²) in [7, 11) is -3.54. The lowest BCUT2D eigenvalue weighted by Crippen LogP contribution is -2.39. The van der Waals surface area contributed by atoms with Gasteiger partial charge in [-0.1, -0.05) is 12.8 Å². The molecule has 3 amide bonds. The second kappa shape index (κ2) is 10.1. The number of rotatable bonds is 4. The molecule has 0 aromatic carbocycles. The van der Waals surface area contributed by atoms with Gasteiger partial charge in [-0.25, -0.2) is 13.2 Å². The van der Waals surface area contributed by atoms with Crippen LogP contribution in [0.1, 0.15) is 42.7 Å². The van der Waals surface area contributed by atoms with E-state index in [1.807, 2.05) is 0 Å². The van der Waals surface area contributed by atoms with E-state index in [2.05, 4.69) is 5.32 Å². The molecule has 11 heteroatoms. The van der Waals surface area contributed by atoms with Gasteiger partial charge in [-0.05, 0) is 43.5 Å². The van der Waals surface area contributed by atoms with Gasteiger partial charge in [0.25, 0.3) is 15.9 Å². The van der Waals surface area contributed by atoms with E-state index < -0.39 is 10.0 Å². The van der Waals surface area contributed by atoms with Gasteiger partial charge in [-0.15, -0.1) is 11.3 Å². The van der Waals surface area contributed by atoms with Gasteiger partial charge in [0.05, 0.1) is 11.3 Å². The van der Waals surface area contributed by atoms with Gasteiger partial charge in [0.15, 0.2) is 5.76 Å². The van der Waals surface area contributed by atoms with Crippen LogP contribution in [0.3, 0.4) is 0 Å². The van der Waals surface area contributed by atoms with E-state index in [0.717, 1.165) is 37.0 Å². The smallest absolute Gasteiger partial charge is 0.322 e.